The first kappa shape index (κ1) is 14.9. The molecular weight excluding hydrogens is 395 g/mol. The van der Waals surface area contributed by atoms with Crippen molar-refractivity contribution in [3.8, 4) is 11.5 Å². The van der Waals surface area contributed by atoms with Crippen molar-refractivity contribution < 1.29 is 18.7 Å². The predicted octanol–water partition coefficient (Wildman–Crippen LogP) is 4.19. The molecule has 0 aliphatic rings. The Morgan fingerprint density at radius 1 is 1.14 bits per heavy atom. The number of furan rings is 1. The number of carbonyl (C=O) groups is 1. The number of fused-ring (bicyclic) bond motifs is 1. The van der Waals surface area contributed by atoms with Crippen LogP contribution in [0.1, 0.15) is 5.56 Å². The highest BCUT2D eigenvalue weighted by atomic mass is 127. The van der Waals surface area contributed by atoms with E-state index >= 15 is 0 Å². The van der Waals surface area contributed by atoms with Gasteiger partial charge in [0.25, 0.3) is 0 Å². The van der Waals surface area contributed by atoms with Gasteiger partial charge in [-0.2, -0.15) is 0 Å². The van der Waals surface area contributed by atoms with Crippen LogP contribution in [0.3, 0.4) is 0 Å². The Morgan fingerprint density at radius 3 is 2.59 bits per heavy atom. The van der Waals surface area contributed by atoms with E-state index in [1.165, 1.54) is 0 Å². The summed E-state index contributed by atoms with van der Waals surface area (Å²) in [5, 5.41) is 0.860. The van der Waals surface area contributed by atoms with Crippen LogP contribution in [0.5, 0.6) is 11.5 Å². The third-order valence-electron chi connectivity index (χ3n) is 3.24. The Bertz CT molecular complexity index is 805. The average molecular weight is 408 g/mol. The summed E-state index contributed by atoms with van der Waals surface area (Å²) in [6, 6.07) is 12.8. The van der Waals surface area contributed by atoms with Gasteiger partial charge in [-0.15, -0.1) is 0 Å². The minimum absolute atomic E-state index is 0.145. The first-order valence-corrected chi connectivity index (χ1v) is 7.74. The third-order valence-corrected chi connectivity index (χ3v) is 3.96. The highest BCUT2D eigenvalue weighted by molar-refractivity contribution is 14.1. The lowest BCUT2D eigenvalue weighted by Crippen LogP contribution is -2.10. The van der Waals surface area contributed by atoms with Gasteiger partial charge in [0.2, 0.25) is 0 Å². The molecule has 22 heavy (non-hydrogen) atoms. The molecule has 0 aliphatic heterocycles. The van der Waals surface area contributed by atoms with E-state index in [1.807, 2.05) is 30.3 Å². The van der Waals surface area contributed by atoms with Gasteiger partial charge in [0, 0.05) is 14.5 Å². The largest absolute Gasteiger partial charge is 0.497 e. The quantitative estimate of drug-likeness (QED) is 0.369. The molecule has 0 atom stereocenters. The monoisotopic (exact) mass is 408 g/mol. The number of methoxy groups -OCH3 is 1. The zero-order chi connectivity index (χ0) is 15.5. The van der Waals surface area contributed by atoms with E-state index in [0.717, 1.165) is 25.9 Å². The maximum atomic E-state index is 12.1. The minimum atomic E-state index is -0.327. The molecule has 0 saturated carbocycles. The van der Waals surface area contributed by atoms with Gasteiger partial charge in [0.05, 0.1) is 19.8 Å². The van der Waals surface area contributed by atoms with Gasteiger partial charge in [-0.05, 0) is 65.1 Å². The molecule has 0 saturated heterocycles. The molecule has 5 heteroatoms. The lowest BCUT2D eigenvalue weighted by Gasteiger charge is -2.04. The summed E-state index contributed by atoms with van der Waals surface area (Å²) >= 11 is 2.20. The zero-order valence-corrected chi connectivity index (χ0v) is 14.0. The molecule has 0 fully saturated rings. The SMILES string of the molecule is COc1ccc2occ(CC(=O)Oc3ccc(I)cc3)c2c1. The average Bonchev–Trinajstić information content (AvgIpc) is 2.91. The van der Waals surface area contributed by atoms with Crippen molar-refractivity contribution in [1.82, 2.24) is 0 Å². The van der Waals surface area contributed by atoms with Crippen molar-refractivity contribution in [3.63, 3.8) is 0 Å². The summed E-state index contributed by atoms with van der Waals surface area (Å²) in [5.74, 6) is 0.934. The van der Waals surface area contributed by atoms with Gasteiger partial charge in [0.1, 0.15) is 17.1 Å². The van der Waals surface area contributed by atoms with E-state index in [0.29, 0.717) is 5.75 Å². The topological polar surface area (TPSA) is 48.7 Å². The number of benzene rings is 2. The Hall–Kier alpha value is -2.02. The predicted molar refractivity (Wildman–Crippen MR) is 91.3 cm³/mol. The van der Waals surface area contributed by atoms with E-state index < -0.39 is 0 Å². The summed E-state index contributed by atoms with van der Waals surface area (Å²) in [4.78, 5) is 12.1. The van der Waals surface area contributed by atoms with Crippen molar-refractivity contribution in [2.75, 3.05) is 7.11 Å². The normalized spacial score (nSPS) is 10.6. The van der Waals surface area contributed by atoms with Crippen molar-refractivity contribution in [2.24, 2.45) is 0 Å². The van der Waals surface area contributed by atoms with Crippen molar-refractivity contribution in [1.29, 1.82) is 0 Å². The second kappa shape index (κ2) is 6.39. The maximum Gasteiger partial charge on any atom is 0.315 e. The molecule has 0 unspecified atom stereocenters. The number of hydrogen-bond donors (Lipinski definition) is 0. The van der Waals surface area contributed by atoms with Crippen molar-refractivity contribution in [2.45, 2.75) is 6.42 Å². The van der Waals surface area contributed by atoms with Crippen LogP contribution >= 0.6 is 22.6 Å². The number of ether oxygens (including phenoxy) is 2. The standard InChI is InChI=1S/C17H13IO4/c1-20-14-6-7-16-15(9-14)11(10-21-16)8-17(19)22-13-4-2-12(18)3-5-13/h2-7,9-10H,8H2,1H3. The van der Waals surface area contributed by atoms with E-state index in [1.54, 1.807) is 25.5 Å². The van der Waals surface area contributed by atoms with Crippen LogP contribution in [0, 0.1) is 3.57 Å². The van der Waals surface area contributed by atoms with E-state index in [9.17, 15) is 4.79 Å². The van der Waals surface area contributed by atoms with Gasteiger partial charge in [0.15, 0.2) is 0 Å². The number of rotatable bonds is 4. The van der Waals surface area contributed by atoms with Crippen LogP contribution in [0.4, 0.5) is 0 Å². The highest BCUT2D eigenvalue weighted by Gasteiger charge is 2.13. The Labute approximate surface area is 141 Å². The molecule has 4 nitrogen and oxygen atoms in total. The fourth-order valence-corrected chi connectivity index (χ4v) is 2.51. The molecule has 0 amide bonds. The highest BCUT2D eigenvalue weighted by Crippen LogP contribution is 2.26. The number of hydrogen-bond acceptors (Lipinski definition) is 4. The lowest BCUT2D eigenvalue weighted by atomic mass is 10.1. The summed E-state index contributed by atoms with van der Waals surface area (Å²) in [6.07, 6.45) is 1.73. The smallest absolute Gasteiger partial charge is 0.315 e. The molecular formula is C17H13IO4. The van der Waals surface area contributed by atoms with Crippen LogP contribution in [0.25, 0.3) is 11.0 Å². The molecule has 1 aromatic heterocycles. The second-order valence-corrected chi connectivity index (χ2v) is 5.97. The van der Waals surface area contributed by atoms with Crippen molar-refractivity contribution in [3.05, 3.63) is 57.9 Å². The molecule has 3 rings (SSSR count). The van der Waals surface area contributed by atoms with Crippen molar-refractivity contribution >= 4 is 39.5 Å². The molecule has 0 aliphatic carbocycles. The maximum absolute atomic E-state index is 12.1. The van der Waals surface area contributed by atoms with E-state index in [2.05, 4.69) is 22.6 Å². The van der Waals surface area contributed by atoms with E-state index in [4.69, 9.17) is 13.9 Å². The first-order chi connectivity index (χ1) is 10.7. The summed E-state index contributed by atoms with van der Waals surface area (Å²) < 4.78 is 17.1. The third kappa shape index (κ3) is 3.24. The Morgan fingerprint density at radius 2 is 1.86 bits per heavy atom. The van der Waals surface area contributed by atoms with E-state index in [-0.39, 0.29) is 12.4 Å². The Kier molecular flexibility index (Phi) is 4.33. The van der Waals surface area contributed by atoms with Gasteiger partial charge >= 0.3 is 5.97 Å². The van der Waals surface area contributed by atoms with Crippen LogP contribution in [-0.4, -0.2) is 13.1 Å². The van der Waals surface area contributed by atoms with Crippen LogP contribution in [0.2, 0.25) is 0 Å². The second-order valence-electron chi connectivity index (χ2n) is 4.73. The fourth-order valence-electron chi connectivity index (χ4n) is 2.15. The molecule has 3 aromatic rings. The molecule has 1 heterocycles. The summed E-state index contributed by atoms with van der Waals surface area (Å²) in [7, 11) is 1.60. The van der Waals surface area contributed by atoms with Gasteiger partial charge in [-0.1, -0.05) is 0 Å². The molecule has 0 radical (unpaired) electrons. The molecule has 0 spiro atoms. The number of halogens is 1. The zero-order valence-electron chi connectivity index (χ0n) is 11.8. The van der Waals surface area contributed by atoms with Gasteiger partial charge in [-0.3, -0.25) is 4.79 Å². The summed E-state index contributed by atoms with van der Waals surface area (Å²) in [6.45, 7) is 0. The lowest BCUT2D eigenvalue weighted by molar-refractivity contribution is -0.133. The fraction of sp³-hybridized carbons (Fsp3) is 0.118. The molecule has 0 N–H and O–H groups in total. The molecule has 2 aromatic carbocycles. The molecule has 0 bridgehead atoms. The minimum Gasteiger partial charge on any atom is -0.497 e. The summed E-state index contributed by atoms with van der Waals surface area (Å²) in [5.41, 5.74) is 1.50. The van der Waals surface area contributed by atoms with Gasteiger partial charge < -0.3 is 13.9 Å². The van der Waals surface area contributed by atoms with Crippen LogP contribution < -0.4 is 9.47 Å². The number of esters is 1. The first-order valence-electron chi connectivity index (χ1n) is 6.66. The van der Waals surface area contributed by atoms with Gasteiger partial charge in [-0.25, -0.2) is 0 Å². The molecule has 112 valence electrons. The number of carbonyl (C=O) groups excluding carboxylic acids is 1. The Balaban J connectivity index is 1.77. The van der Waals surface area contributed by atoms with Crippen LogP contribution in [0.15, 0.2) is 53.1 Å². The van der Waals surface area contributed by atoms with Crippen LogP contribution in [-0.2, 0) is 11.2 Å².